The van der Waals surface area contributed by atoms with E-state index in [1.807, 2.05) is 4.90 Å². The van der Waals surface area contributed by atoms with Gasteiger partial charge in [-0.25, -0.2) is 8.42 Å². The van der Waals surface area contributed by atoms with E-state index in [1.54, 1.807) is 0 Å². The molecule has 2 rings (SSSR count). The fourth-order valence-electron chi connectivity index (χ4n) is 2.42. The van der Waals surface area contributed by atoms with E-state index in [4.69, 9.17) is 9.84 Å². The van der Waals surface area contributed by atoms with E-state index in [9.17, 15) is 13.2 Å². The lowest BCUT2D eigenvalue weighted by Gasteiger charge is -2.31. The maximum atomic E-state index is 11.8. The highest BCUT2D eigenvalue weighted by Gasteiger charge is 2.29. The summed E-state index contributed by atoms with van der Waals surface area (Å²) in [5.41, 5.74) is 0. The van der Waals surface area contributed by atoms with Gasteiger partial charge in [0.2, 0.25) is 5.91 Å². The van der Waals surface area contributed by atoms with Crippen LogP contribution in [0, 0.1) is 0 Å². The summed E-state index contributed by atoms with van der Waals surface area (Å²) < 4.78 is 27.9. The largest absolute Gasteiger partial charge is 0.394 e. The van der Waals surface area contributed by atoms with Crippen molar-refractivity contribution in [1.82, 2.24) is 10.2 Å². The minimum absolute atomic E-state index is 0.0428. The molecule has 0 aromatic rings. The topological polar surface area (TPSA) is 95.9 Å². The number of carbonyl (C=O) groups is 1. The van der Waals surface area contributed by atoms with Crippen molar-refractivity contribution >= 4 is 15.7 Å². The Labute approximate surface area is 112 Å². The molecule has 2 fully saturated rings. The molecule has 0 aliphatic carbocycles. The highest BCUT2D eigenvalue weighted by atomic mass is 32.2. The van der Waals surface area contributed by atoms with Crippen LogP contribution in [-0.2, 0) is 19.4 Å². The third-order valence-corrected chi connectivity index (χ3v) is 5.16. The second kappa shape index (κ2) is 6.17. The zero-order chi connectivity index (χ0) is 13.9. The first-order valence-electron chi connectivity index (χ1n) is 6.43. The molecule has 0 aromatic carbocycles. The lowest BCUT2D eigenvalue weighted by atomic mass is 10.2. The summed E-state index contributed by atoms with van der Waals surface area (Å²) in [6.07, 6.45) is 0.254. The number of ether oxygens (including phenoxy) is 1. The number of hydrogen-bond donors (Lipinski definition) is 2. The molecule has 1 amide bonds. The summed E-state index contributed by atoms with van der Waals surface area (Å²) in [7, 11) is -2.97. The Hall–Kier alpha value is -0.700. The van der Waals surface area contributed by atoms with E-state index in [0.29, 0.717) is 26.1 Å². The van der Waals surface area contributed by atoms with E-state index in [2.05, 4.69) is 5.32 Å². The van der Waals surface area contributed by atoms with Gasteiger partial charge >= 0.3 is 0 Å². The van der Waals surface area contributed by atoms with Crippen molar-refractivity contribution in [2.75, 3.05) is 44.4 Å². The Balaban J connectivity index is 1.75. The van der Waals surface area contributed by atoms with Crippen LogP contribution in [0.5, 0.6) is 0 Å². The van der Waals surface area contributed by atoms with Gasteiger partial charge in [0.1, 0.15) is 0 Å². The van der Waals surface area contributed by atoms with Gasteiger partial charge in [-0.15, -0.1) is 0 Å². The smallest absolute Gasteiger partial charge is 0.234 e. The van der Waals surface area contributed by atoms with Crippen LogP contribution < -0.4 is 5.32 Å². The molecule has 110 valence electrons. The average molecular weight is 292 g/mol. The normalized spacial score (nSPS) is 31.2. The summed E-state index contributed by atoms with van der Waals surface area (Å²) >= 11 is 0. The minimum Gasteiger partial charge on any atom is -0.394 e. The van der Waals surface area contributed by atoms with Gasteiger partial charge in [-0.05, 0) is 6.42 Å². The van der Waals surface area contributed by atoms with Crippen LogP contribution in [0.15, 0.2) is 0 Å². The van der Waals surface area contributed by atoms with Gasteiger partial charge in [-0.3, -0.25) is 9.69 Å². The first-order chi connectivity index (χ1) is 8.98. The predicted molar refractivity (Wildman–Crippen MR) is 68.5 cm³/mol. The van der Waals surface area contributed by atoms with E-state index < -0.39 is 9.84 Å². The third-order valence-electron chi connectivity index (χ3n) is 3.39. The van der Waals surface area contributed by atoms with Gasteiger partial charge in [-0.2, -0.15) is 0 Å². The fourth-order valence-corrected chi connectivity index (χ4v) is 4.09. The maximum Gasteiger partial charge on any atom is 0.234 e. The second-order valence-electron chi connectivity index (χ2n) is 5.08. The summed E-state index contributed by atoms with van der Waals surface area (Å²) in [5.74, 6) is 0.0316. The lowest BCUT2D eigenvalue weighted by Crippen LogP contribution is -2.49. The van der Waals surface area contributed by atoms with E-state index in [0.717, 1.165) is 0 Å². The van der Waals surface area contributed by atoms with Crippen LogP contribution in [0.3, 0.4) is 0 Å². The molecular formula is C11H20N2O5S. The molecule has 2 heterocycles. The van der Waals surface area contributed by atoms with Crippen molar-refractivity contribution in [2.45, 2.75) is 18.6 Å². The molecule has 0 saturated carbocycles. The summed E-state index contributed by atoms with van der Waals surface area (Å²) in [4.78, 5) is 13.7. The summed E-state index contributed by atoms with van der Waals surface area (Å²) in [6.45, 7) is 1.82. The molecule has 0 radical (unpaired) electrons. The van der Waals surface area contributed by atoms with Crippen LogP contribution in [0.4, 0.5) is 0 Å². The van der Waals surface area contributed by atoms with Gasteiger partial charge in [-0.1, -0.05) is 0 Å². The van der Waals surface area contributed by atoms with Crippen molar-refractivity contribution in [3.05, 3.63) is 0 Å². The second-order valence-corrected chi connectivity index (χ2v) is 7.31. The molecule has 2 unspecified atom stereocenters. The molecule has 0 bridgehead atoms. The molecule has 2 atom stereocenters. The van der Waals surface area contributed by atoms with E-state index in [-0.39, 0.29) is 42.7 Å². The van der Waals surface area contributed by atoms with Crippen molar-refractivity contribution < 1.29 is 23.1 Å². The van der Waals surface area contributed by atoms with Crippen LogP contribution >= 0.6 is 0 Å². The molecule has 0 spiro atoms. The number of aliphatic hydroxyl groups is 1. The zero-order valence-corrected chi connectivity index (χ0v) is 11.6. The monoisotopic (exact) mass is 292 g/mol. The Morgan fingerprint density at radius 2 is 2.26 bits per heavy atom. The van der Waals surface area contributed by atoms with Crippen LogP contribution in [0.1, 0.15) is 6.42 Å². The number of amides is 1. The molecular weight excluding hydrogens is 272 g/mol. The average Bonchev–Trinajstić information content (AvgIpc) is 2.68. The quantitative estimate of drug-likeness (QED) is 0.621. The van der Waals surface area contributed by atoms with Crippen LogP contribution in [0.2, 0.25) is 0 Å². The highest BCUT2D eigenvalue weighted by Crippen LogP contribution is 2.11. The standard InChI is InChI=1S/C11H20N2O5S/c14-7-10-5-13(2-3-18-10)6-11(15)12-9-1-4-19(16,17)8-9/h9-10,14H,1-8H2,(H,12,15). The molecule has 2 saturated heterocycles. The minimum atomic E-state index is -2.97. The SMILES string of the molecule is O=C(CN1CCOC(CO)C1)NC1CCS(=O)(=O)C1. The molecule has 19 heavy (non-hydrogen) atoms. The number of hydrogen-bond acceptors (Lipinski definition) is 6. The van der Waals surface area contributed by atoms with Crippen LogP contribution in [0.25, 0.3) is 0 Å². The highest BCUT2D eigenvalue weighted by molar-refractivity contribution is 7.91. The molecule has 8 heteroatoms. The van der Waals surface area contributed by atoms with Crippen molar-refractivity contribution in [3.63, 3.8) is 0 Å². The molecule has 2 aliphatic heterocycles. The van der Waals surface area contributed by atoms with Gasteiger partial charge in [0.15, 0.2) is 9.84 Å². The maximum absolute atomic E-state index is 11.8. The number of nitrogens with one attached hydrogen (secondary N) is 1. The van der Waals surface area contributed by atoms with E-state index in [1.165, 1.54) is 0 Å². The number of morpholine rings is 1. The number of rotatable bonds is 4. The fraction of sp³-hybridized carbons (Fsp3) is 0.909. The predicted octanol–water partition coefficient (Wildman–Crippen LogP) is -2.02. The van der Waals surface area contributed by atoms with Gasteiger partial charge < -0.3 is 15.2 Å². The third kappa shape index (κ3) is 4.41. The first-order valence-corrected chi connectivity index (χ1v) is 8.25. The van der Waals surface area contributed by atoms with Gasteiger partial charge in [0.25, 0.3) is 0 Å². The Morgan fingerprint density at radius 3 is 2.89 bits per heavy atom. The molecule has 2 aliphatic rings. The Kier molecular flexibility index (Phi) is 4.77. The molecule has 0 aromatic heterocycles. The Bertz CT molecular complexity index is 425. The molecule has 2 N–H and O–H groups in total. The first kappa shape index (κ1) is 14.7. The van der Waals surface area contributed by atoms with Crippen molar-refractivity contribution in [3.8, 4) is 0 Å². The van der Waals surface area contributed by atoms with Gasteiger partial charge in [0, 0.05) is 19.1 Å². The summed E-state index contributed by atoms with van der Waals surface area (Å²) in [5, 5.41) is 11.8. The Morgan fingerprint density at radius 1 is 1.47 bits per heavy atom. The zero-order valence-electron chi connectivity index (χ0n) is 10.7. The van der Waals surface area contributed by atoms with Crippen LogP contribution in [-0.4, -0.2) is 80.8 Å². The number of sulfone groups is 1. The summed E-state index contributed by atoms with van der Waals surface area (Å²) in [6, 6.07) is -0.257. The van der Waals surface area contributed by atoms with Crippen molar-refractivity contribution in [2.24, 2.45) is 0 Å². The molecule has 7 nitrogen and oxygen atoms in total. The number of carbonyl (C=O) groups excluding carboxylic acids is 1. The lowest BCUT2D eigenvalue weighted by molar-refractivity contribution is -0.125. The van der Waals surface area contributed by atoms with Crippen molar-refractivity contribution in [1.29, 1.82) is 0 Å². The number of aliphatic hydroxyl groups excluding tert-OH is 1. The number of nitrogens with zero attached hydrogens (tertiary/aromatic N) is 1. The van der Waals surface area contributed by atoms with E-state index >= 15 is 0 Å². The van der Waals surface area contributed by atoms with Gasteiger partial charge in [0.05, 0.1) is 37.4 Å².